The number of carboxylic acids is 1. The Bertz CT molecular complexity index is 1040. The number of halogens is 2. The van der Waals surface area contributed by atoms with Gasteiger partial charge in [0.05, 0.1) is 6.20 Å². The normalized spacial score (nSPS) is 12.9. The third-order valence-corrected chi connectivity index (χ3v) is 5.04. The minimum atomic E-state index is -1.64. The maximum atomic E-state index is 12.3. The fraction of sp³-hybridized carbons (Fsp3) is 0.200. The van der Waals surface area contributed by atoms with Crippen molar-refractivity contribution in [1.82, 2.24) is 20.7 Å². The molecule has 10 heteroatoms. The zero-order chi connectivity index (χ0) is 21.7. The Kier molecular flexibility index (Phi) is 7.04. The maximum absolute atomic E-state index is 12.3. The number of H-pyrrole nitrogens is 1. The van der Waals surface area contributed by atoms with E-state index >= 15 is 0 Å². The van der Waals surface area contributed by atoms with Crippen LogP contribution in [0.2, 0.25) is 10.0 Å². The van der Waals surface area contributed by atoms with E-state index in [2.05, 4.69) is 20.7 Å². The monoisotopic (exact) mass is 448 g/mol. The summed E-state index contributed by atoms with van der Waals surface area (Å²) in [5.41, 5.74) is 2.49. The van der Waals surface area contributed by atoms with Gasteiger partial charge in [-0.15, -0.1) is 0 Å². The van der Waals surface area contributed by atoms with Crippen molar-refractivity contribution in [1.29, 1.82) is 0 Å². The third kappa shape index (κ3) is 5.56. The van der Waals surface area contributed by atoms with Crippen LogP contribution in [0.15, 0.2) is 48.7 Å². The van der Waals surface area contributed by atoms with Crippen molar-refractivity contribution in [3.8, 4) is 11.1 Å². The summed E-state index contributed by atoms with van der Waals surface area (Å²) in [5, 5.41) is 32.1. The average Bonchev–Trinajstić information content (AvgIpc) is 3.24. The smallest absolute Gasteiger partial charge is 0.332 e. The van der Waals surface area contributed by atoms with E-state index in [1.165, 1.54) is 6.20 Å². The Balaban J connectivity index is 1.80. The van der Waals surface area contributed by atoms with Crippen molar-refractivity contribution in [2.75, 3.05) is 0 Å². The maximum Gasteiger partial charge on any atom is 0.332 e. The number of aromatic nitrogens is 3. The number of benzene rings is 2. The van der Waals surface area contributed by atoms with Gasteiger partial charge in [-0.2, -0.15) is 15.4 Å². The predicted molar refractivity (Wildman–Crippen MR) is 111 cm³/mol. The number of aliphatic hydroxyl groups is 1. The zero-order valence-electron chi connectivity index (χ0n) is 15.5. The zero-order valence-corrected chi connectivity index (χ0v) is 17.1. The minimum Gasteiger partial charge on any atom is -0.479 e. The van der Waals surface area contributed by atoms with E-state index < -0.39 is 24.0 Å². The summed E-state index contributed by atoms with van der Waals surface area (Å²) in [4.78, 5) is 23.4. The third-order valence-electron chi connectivity index (χ3n) is 4.45. The fourth-order valence-corrected chi connectivity index (χ4v) is 3.41. The Morgan fingerprint density at radius 3 is 2.53 bits per heavy atom. The lowest BCUT2D eigenvalue weighted by atomic mass is 9.97. The van der Waals surface area contributed by atoms with Crippen molar-refractivity contribution in [3.63, 3.8) is 0 Å². The number of carbonyl (C=O) groups is 2. The summed E-state index contributed by atoms with van der Waals surface area (Å²) in [6.07, 6.45) is -0.391. The second-order valence-electron chi connectivity index (χ2n) is 6.64. The number of aliphatic hydroxyl groups excluding tert-OH is 1. The van der Waals surface area contributed by atoms with Crippen LogP contribution < -0.4 is 5.32 Å². The molecule has 2 atom stereocenters. The van der Waals surface area contributed by atoms with Gasteiger partial charge in [-0.1, -0.05) is 47.5 Å². The van der Waals surface area contributed by atoms with Gasteiger partial charge in [0.25, 0.3) is 5.91 Å². The highest BCUT2D eigenvalue weighted by molar-refractivity contribution is 6.32. The van der Waals surface area contributed by atoms with Gasteiger partial charge in [0, 0.05) is 22.5 Å². The lowest BCUT2D eigenvalue weighted by molar-refractivity contribution is -0.147. The van der Waals surface area contributed by atoms with Crippen LogP contribution in [0.25, 0.3) is 11.1 Å². The number of aliphatic carboxylic acids is 1. The molecule has 1 amide bonds. The lowest BCUT2D eigenvalue weighted by Crippen LogP contribution is -2.40. The van der Waals surface area contributed by atoms with Gasteiger partial charge < -0.3 is 15.5 Å². The molecule has 0 spiro atoms. The highest BCUT2D eigenvalue weighted by atomic mass is 35.5. The minimum absolute atomic E-state index is 0.0483. The van der Waals surface area contributed by atoms with Crippen molar-refractivity contribution in [2.24, 2.45) is 0 Å². The first-order valence-corrected chi connectivity index (χ1v) is 9.71. The van der Waals surface area contributed by atoms with Gasteiger partial charge in [0.1, 0.15) is 0 Å². The molecule has 30 heavy (non-hydrogen) atoms. The van der Waals surface area contributed by atoms with Crippen LogP contribution in [0.1, 0.15) is 22.5 Å². The highest BCUT2D eigenvalue weighted by Gasteiger charge is 2.24. The summed E-state index contributed by atoms with van der Waals surface area (Å²) in [6, 6.07) is 12.1. The number of hydrogen-bond acceptors (Lipinski definition) is 5. The van der Waals surface area contributed by atoms with Crippen LogP contribution >= 0.6 is 23.2 Å². The first kappa shape index (κ1) is 21.8. The van der Waals surface area contributed by atoms with E-state index in [0.29, 0.717) is 15.6 Å². The average molecular weight is 449 g/mol. The van der Waals surface area contributed by atoms with Gasteiger partial charge >= 0.3 is 5.97 Å². The van der Waals surface area contributed by atoms with Crippen LogP contribution in [0.4, 0.5) is 0 Å². The van der Waals surface area contributed by atoms with E-state index in [9.17, 15) is 14.7 Å². The lowest BCUT2D eigenvalue weighted by Gasteiger charge is -2.20. The van der Waals surface area contributed by atoms with Gasteiger partial charge in [0.2, 0.25) is 0 Å². The summed E-state index contributed by atoms with van der Waals surface area (Å²) < 4.78 is 0. The van der Waals surface area contributed by atoms with Crippen LogP contribution in [0.3, 0.4) is 0 Å². The van der Waals surface area contributed by atoms with Gasteiger partial charge in [-0.25, -0.2) is 4.79 Å². The van der Waals surface area contributed by atoms with Gasteiger partial charge in [0.15, 0.2) is 11.8 Å². The summed E-state index contributed by atoms with van der Waals surface area (Å²) in [6.45, 7) is 0. The predicted octanol–water partition coefficient (Wildman–Crippen LogP) is 2.96. The Hall–Kier alpha value is -2.94. The largest absolute Gasteiger partial charge is 0.479 e. The number of aromatic amines is 1. The number of carboxylic acid groups (broad SMARTS) is 1. The first-order chi connectivity index (χ1) is 14.3. The molecule has 0 aliphatic heterocycles. The van der Waals surface area contributed by atoms with Gasteiger partial charge in [-0.3, -0.25) is 4.79 Å². The van der Waals surface area contributed by atoms with Crippen LogP contribution in [0.5, 0.6) is 0 Å². The second kappa shape index (κ2) is 9.71. The molecule has 2 aromatic carbocycles. The van der Waals surface area contributed by atoms with Crippen LogP contribution in [-0.4, -0.2) is 49.6 Å². The van der Waals surface area contributed by atoms with E-state index in [1.807, 2.05) is 24.3 Å². The first-order valence-electron chi connectivity index (χ1n) is 8.95. The Labute approximate surface area is 181 Å². The molecule has 156 valence electrons. The molecular formula is C20H18Cl2N4O4. The fourth-order valence-electron chi connectivity index (χ4n) is 2.96. The number of rotatable bonds is 8. The number of nitrogens with one attached hydrogen (secondary N) is 2. The molecule has 0 saturated carbocycles. The van der Waals surface area contributed by atoms with E-state index in [0.717, 1.165) is 11.1 Å². The molecule has 0 saturated heterocycles. The van der Waals surface area contributed by atoms with E-state index in [4.69, 9.17) is 28.3 Å². The van der Waals surface area contributed by atoms with E-state index in [1.54, 1.807) is 18.2 Å². The highest BCUT2D eigenvalue weighted by Crippen LogP contribution is 2.28. The molecule has 0 aliphatic rings. The van der Waals surface area contributed by atoms with Crippen LogP contribution in [0, 0.1) is 0 Å². The van der Waals surface area contributed by atoms with Crippen molar-refractivity contribution < 1.29 is 19.8 Å². The topological polar surface area (TPSA) is 128 Å². The molecule has 1 aromatic heterocycles. The van der Waals surface area contributed by atoms with Crippen LogP contribution in [-0.2, 0) is 11.2 Å². The standard InChI is InChI=1S/C20H18Cl2N4O4/c21-14-3-1-2-11(6-14)12-4-5-13(16(22)8-12)7-15(9-18(27)20(29)30)24-19(28)17-10-23-26-25-17/h1-6,8,10,15,18,27H,7,9H2,(H,24,28)(H,29,30)(H,23,25,26)/t15-,18-/m1/s1. The second-order valence-corrected chi connectivity index (χ2v) is 7.48. The summed E-state index contributed by atoms with van der Waals surface area (Å²) in [7, 11) is 0. The molecule has 0 fully saturated rings. The van der Waals surface area contributed by atoms with E-state index in [-0.39, 0.29) is 18.5 Å². The molecule has 3 aromatic rings. The molecule has 8 nitrogen and oxygen atoms in total. The summed E-state index contributed by atoms with van der Waals surface area (Å²) in [5.74, 6) is -1.92. The van der Waals surface area contributed by atoms with Crippen molar-refractivity contribution in [2.45, 2.75) is 25.0 Å². The molecule has 0 bridgehead atoms. The molecule has 1 heterocycles. The summed E-state index contributed by atoms with van der Waals surface area (Å²) >= 11 is 12.5. The molecule has 0 radical (unpaired) electrons. The molecule has 4 N–H and O–H groups in total. The molecular weight excluding hydrogens is 431 g/mol. The quantitative estimate of drug-likeness (QED) is 0.419. The molecule has 3 rings (SSSR count). The molecule has 0 unspecified atom stereocenters. The number of nitrogens with zero attached hydrogens (tertiary/aromatic N) is 2. The van der Waals surface area contributed by atoms with Gasteiger partial charge in [-0.05, 0) is 41.3 Å². The van der Waals surface area contributed by atoms with Crippen molar-refractivity contribution >= 4 is 35.1 Å². The number of hydrogen-bond donors (Lipinski definition) is 4. The SMILES string of the molecule is O=C(N[C@H](Cc1ccc(-c2cccc(Cl)c2)cc1Cl)C[C@@H](O)C(=O)O)c1cn[nH]n1. The Morgan fingerprint density at radius 2 is 1.90 bits per heavy atom. The van der Waals surface area contributed by atoms with Crippen molar-refractivity contribution in [3.05, 3.63) is 70.0 Å². The number of amides is 1. The molecule has 0 aliphatic carbocycles. The number of carbonyl (C=O) groups excluding carboxylic acids is 1. The Morgan fingerprint density at radius 1 is 1.13 bits per heavy atom.